The van der Waals surface area contributed by atoms with Gasteiger partial charge in [-0.1, -0.05) is 11.6 Å². The molecule has 0 aliphatic carbocycles. The van der Waals surface area contributed by atoms with Crippen molar-refractivity contribution in [2.24, 2.45) is 0 Å². The molecule has 1 aromatic rings. The van der Waals surface area contributed by atoms with Crippen molar-refractivity contribution in [2.45, 2.75) is 13.3 Å². The van der Waals surface area contributed by atoms with Gasteiger partial charge in [0.1, 0.15) is 0 Å². The minimum Gasteiger partial charge on any atom is -0.478 e. The number of aromatic carboxylic acids is 1. The van der Waals surface area contributed by atoms with E-state index in [1.165, 1.54) is 12.1 Å². The van der Waals surface area contributed by atoms with Crippen LogP contribution in [-0.4, -0.2) is 37.8 Å². The van der Waals surface area contributed by atoms with Crippen LogP contribution in [-0.2, 0) is 19.6 Å². The molecule has 0 radical (unpaired) electrons. The SMILES string of the molecule is CCOC(=O)CCS(=O)(=O)Nc1cc(C(=O)O)ccc1Cl. The van der Waals surface area contributed by atoms with E-state index in [4.69, 9.17) is 16.7 Å². The van der Waals surface area contributed by atoms with Crippen molar-refractivity contribution in [3.63, 3.8) is 0 Å². The molecule has 1 aromatic carbocycles. The number of carbonyl (C=O) groups is 2. The number of hydrogen-bond donors (Lipinski definition) is 2. The van der Waals surface area contributed by atoms with E-state index in [9.17, 15) is 18.0 Å². The predicted octanol–water partition coefficient (Wildman–Crippen LogP) is 1.73. The number of nitrogens with one attached hydrogen (secondary N) is 1. The summed E-state index contributed by atoms with van der Waals surface area (Å²) in [6, 6.07) is 3.63. The summed E-state index contributed by atoms with van der Waals surface area (Å²) in [5.74, 6) is -2.33. The van der Waals surface area contributed by atoms with Gasteiger partial charge in [0.15, 0.2) is 0 Å². The Kier molecular flexibility index (Phi) is 5.98. The highest BCUT2D eigenvalue weighted by Gasteiger charge is 2.16. The molecule has 21 heavy (non-hydrogen) atoms. The monoisotopic (exact) mass is 335 g/mol. The molecule has 9 heteroatoms. The molecule has 0 unspecified atom stereocenters. The Hall–Kier alpha value is -1.80. The molecule has 1 rings (SSSR count). The summed E-state index contributed by atoms with van der Waals surface area (Å²) >= 11 is 5.81. The lowest BCUT2D eigenvalue weighted by Crippen LogP contribution is -2.20. The predicted molar refractivity (Wildman–Crippen MR) is 77.1 cm³/mol. The number of sulfonamides is 1. The van der Waals surface area contributed by atoms with Crippen molar-refractivity contribution in [3.8, 4) is 0 Å². The normalized spacial score (nSPS) is 11.0. The fraction of sp³-hybridized carbons (Fsp3) is 0.333. The summed E-state index contributed by atoms with van der Waals surface area (Å²) in [6.45, 7) is 1.78. The number of carboxylic acids is 1. The molecule has 2 N–H and O–H groups in total. The second-order valence-electron chi connectivity index (χ2n) is 3.98. The van der Waals surface area contributed by atoms with Crippen LogP contribution in [0.25, 0.3) is 0 Å². The Morgan fingerprint density at radius 1 is 1.38 bits per heavy atom. The van der Waals surface area contributed by atoms with E-state index < -0.39 is 27.7 Å². The van der Waals surface area contributed by atoms with Crippen molar-refractivity contribution in [3.05, 3.63) is 28.8 Å². The number of hydrogen-bond acceptors (Lipinski definition) is 5. The number of ether oxygens (including phenoxy) is 1. The second kappa shape index (κ2) is 7.28. The van der Waals surface area contributed by atoms with Crippen molar-refractivity contribution < 1.29 is 27.9 Å². The Labute approximate surface area is 126 Å². The van der Waals surface area contributed by atoms with Gasteiger partial charge in [0.2, 0.25) is 10.0 Å². The van der Waals surface area contributed by atoms with Gasteiger partial charge in [-0.15, -0.1) is 0 Å². The third-order valence-corrected chi connectivity index (χ3v) is 3.96. The van der Waals surface area contributed by atoms with E-state index in [-0.39, 0.29) is 29.3 Å². The summed E-state index contributed by atoms with van der Waals surface area (Å²) in [4.78, 5) is 22.0. The minimum absolute atomic E-state index is 0.0552. The van der Waals surface area contributed by atoms with Crippen molar-refractivity contribution in [1.29, 1.82) is 0 Å². The number of halogens is 1. The molecule has 0 aromatic heterocycles. The van der Waals surface area contributed by atoms with Crippen molar-refractivity contribution in [1.82, 2.24) is 0 Å². The molecule has 0 saturated heterocycles. The van der Waals surface area contributed by atoms with Crippen LogP contribution in [0.4, 0.5) is 5.69 Å². The number of carboxylic acid groups (broad SMARTS) is 1. The zero-order valence-electron chi connectivity index (χ0n) is 11.1. The summed E-state index contributed by atoms with van der Waals surface area (Å²) < 4.78 is 30.4. The molecule has 0 heterocycles. The van der Waals surface area contributed by atoms with E-state index >= 15 is 0 Å². The summed E-state index contributed by atoms with van der Waals surface area (Å²) in [5, 5.41) is 8.91. The topological polar surface area (TPSA) is 110 Å². The third kappa shape index (κ3) is 5.60. The van der Waals surface area contributed by atoms with Crippen LogP contribution in [0.15, 0.2) is 18.2 Å². The summed E-state index contributed by atoms with van der Waals surface area (Å²) in [5.41, 5.74) is -0.164. The van der Waals surface area contributed by atoms with Crippen LogP contribution in [0.5, 0.6) is 0 Å². The van der Waals surface area contributed by atoms with E-state index in [1.54, 1.807) is 6.92 Å². The Morgan fingerprint density at radius 3 is 2.62 bits per heavy atom. The lowest BCUT2D eigenvalue weighted by Gasteiger charge is -2.10. The molecule has 0 fully saturated rings. The highest BCUT2D eigenvalue weighted by molar-refractivity contribution is 7.92. The third-order valence-electron chi connectivity index (χ3n) is 2.36. The van der Waals surface area contributed by atoms with Crippen LogP contribution in [0.2, 0.25) is 5.02 Å². The molecule has 0 bridgehead atoms. The first-order valence-electron chi connectivity index (χ1n) is 5.94. The van der Waals surface area contributed by atoms with Gasteiger partial charge in [-0.2, -0.15) is 0 Å². The molecule has 0 saturated carbocycles. The number of benzene rings is 1. The zero-order valence-corrected chi connectivity index (χ0v) is 12.7. The molecule has 0 amide bonds. The number of rotatable bonds is 7. The first-order chi connectivity index (χ1) is 9.75. The highest BCUT2D eigenvalue weighted by Crippen LogP contribution is 2.24. The molecule has 0 atom stereocenters. The van der Waals surface area contributed by atoms with Gasteiger partial charge in [-0.25, -0.2) is 13.2 Å². The number of carbonyl (C=O) groups excluding carboxylic acids is 1. The molecule has 116 valence electrons. The van der Waals surface area contributed by atoms with E-state index in [2.05, 4.69) is 9.46 Å². The smallest absolute Gasteiger partial charge is 0.335 e. The largest absolute Gasteiger partial charge is 0.478 e. The average Bonchev–Trinajstić information content (AvgIpc) is 2.39. The maximum Gasteiger partial charge on any atom is 0.335 e. The minimum atomic E-state index is -3.84. The van der Waals surface area contributed by atoms with Gasteiger partial charge in [-0.05, 0) is 25.1 Å². The average molecular weight is 336 g/mol. The molecule has 0 spiro atoms. The fourth-order valence-corrected chi connectivity index (χ4v) is 2.67. The van der Waals surface area contributed by atoms with Crippen LogP contribution in [0, 0.1) is 0 Å². The van der Waals surface area contributed by atoms with E-state index in [0.29, 0.717) is 0 Å². The van der Waals surface area contributed by atoms with E-state index in [1.807, 2.05) is 0 Å². The Balaban J connectivity index is 2.81. The maximum atomic E-state index is 11.8. The first-order valence-corrected chi connectivity index (χ1v) is 7.97. The second-order valence-corrected chi connectivity index (χ2v) is 6.22. The molecule has 0 aliphatic heterocycles. The van der Waals surface area contributed by atoms with Crippen LogP contribution >= 0.6 is 11.6 Å². The lowest BCUT2D eigenvalue weighted by molar-refractivity contribution is -0.142. The quantitative estimate of drug-likeness (QED) is 0.734. The molecular weight excluding hydrogens is 322 g/mol. The maximum absolute atomic E-state index is 11.8. The Bertz CT molecular complexity index is 643. The van der Waals surface area contributed by atoms with E-state index in [0.717, 1.165) is 6.07 Å². The number of esters is 1. The van der Waals surface area contributed by atoms with Crippen LogP contribution < -0.4 is 4.72 Å². The lowest BCUT2D eigenvalue weighted by atomic mass is 10.2. The molecule has 0 aliphatic rings. The van der Waals surface area contributed by atoms with Gasteiger partial charge >= 0.3 is 11.9 Å². The van der Waals surface area contributed by atoms with Gasteiger partial charge in [0.25, 0.3) is 0 Å². The van der Waals surface area contributed by atoms with Crippen LogP contribution in [0.3, 0.4) is 0 Å². The standard InChI is InChI=1S/C12H14ClNO6S/c1-2-20-11(15)5-6-21(18,19)14-10-7-8(12(16)17)3-4-9(10)13/h3-4,7,14H,2,5-6H2,1H3,(H,16,17). The van der Waals surface area contributed by atoms with Crippen molar-refractivity contribution in [2.75, 3.05) is 17.1 Å². The van der Waals surface area contributed by atoms with Crippen molar-refractivity contribution >= 4 is 39.3 Å². The molecular formula is C12H14ClNO6S. The summed E-state index contributed by atoms with van der Waals surface area (Å²) in [6.07, 6.45) is -0.306. The Morgan fingerprint density at radius 2 is 2.05 bits per heavy atom. The van der Waals surface area contributed by atoms with Gasteiger partial charge in [0, 0.05) is 0 Å². The summed E-state index contributed by atoms with van der Waals surface area (Å²) in [7, 11) is -3.84. The van der Waals surface area contributed by atoms with Gasteiger partial charge < -0.3 is 9.84 Å². The fourth-order valence-electron chi connectivity index (χ4n) is 1.41. The first kappa shape index (κ1) is 17.3. The van der Waals surface area contributed by atoms with Crippen LogP contribution in [0.1, 0.15) is 23.7 Å². The van der Waals surface area contributed by atoms with Gasteiger partial charge in [-0.3, -0.25) is 9.52 Å². The molecule has 7 nitrogen and oxygen atoms in total. The number of anilines is 1. The zero-order chi connectivity index (χ0) is 16.0. The highest BCUT2D eigenvalue weighted by atomic mass is 35.5. The van der Waals surface area contributed by atoms with Gasteiger partial charge in [0.05, 0.1) is 35.1 Å².